The van der Waals surface area contributed by atoms with E-state index < -0.39 is 9.84 Å². The zero-order valence-corrected chi connectivity index (χ0v) is 12.2. The lowest BCUT2D eigenvalue weighted by molar-refractivity contribution is 0.0755. The number of rotatable bonds is 4. The monoisotopic (exact) mass is 273 g/mol. The molecule has 0 radical (unpaired) electrons. The highest BCUT2D eigenvalue weighted by atomic mass is 32.2. The van der Waals surface area contributed by atoms with Gasteiger partial charge in [-0.05, 0) is 26.8 Å². The third kappa shape index (κ3) is 3.60. The minimum absolute atomic E-state index is 0.0505. The van der Waals surface area contributed by atoms with E-state index in [1.165, 1.54) is 4.90 Å². The molecule has 18 heavy (non-hydrogen) atoms. The summed E-state index contributed by atoms with van der Waals surface area (Å²) >= 11 is 0. The molecule has 0 spiro atoms. The van der Waals surface area contributed by atoms with Crippen LogP contribution in [0.5, 0.6) is 0 Å². The van der Waals surface area contributed by atoms with E-state index >= 15 is 0 Å². The summed E-state index contributed by atoms with van der Waals surface area (Å²) in [5, 5.41) is 0. The highest BCUT2D eigenvalue weighted by molar-refractivity contribution is 7.90. The van der Waals surface area contributed by atoms with Gasteiger partial charge >= 0.3 is 0 Å². The molecule has 6 heteroatoms. The number of hydrogen-bond acceptors (Lipinski definition) is 4. The number of amides is 1. The summed E-state index contributed by atoms with van der Waals surface area (Å²) in [6.45, 7) is 5.19. The zero-order chi connectivity index (χ0) is 14.1. The second-order valence-corrected chi connectivity index (χ2v) is 6.87. The molecule has 0 aliphatic carbocycles. The van der Waals surface area contributed by atoms with E-state index in [1.54, 1.807) is 33.9 Å². The third-order valence-corrected chi connectivity index (χ3v) is 3.88. The Hall–Kier alpha value is -1.30. The normalized spacial score (nSPS) is 13.4. The Bertz CT molecular complexity index is 544. The quantitative estimate of drug-likeness (QED) is 0.831. The molecule has 1 atom stereocenters. The Morgan fingerprint density at radius 2 is 2.00 bits per heavy atom. The number of carbonyl (C=O) groups is 1. The van der Waals surface area contributed by atoms with Gasteiger partial charge < -0.3 is 9.32 Å². The number of carbonyl (C=O) groups excluding carboxylic acids is 1. The molecule has 0 aliphatic rings. The van der Waals surface area contributed by atoms with E-state index in [-0.39, 0.29) is 17.7 Å². The Labute approximate surface area is 108 Å². The van der Waals surface area contributed by atoms with Crippen LogP contribution in [0.25, 0.3) is 0 Å². The van der Waals surface area contributed by atoms with Gasteiger partial charge in [0.1, 0.15) is 21.4 Å². The summed E-state index contributed by atoms with van der Waals surface area (Å²) in [6.07, 6.45) is 1.16. The second-order valence-electron chi connectivity index (χ2n) is 4.68. The van der Waals surface area contributed by atoms with Crippen LogP contribution in [-0.4, -0.2) is 44.3 Å². The first kappa shape index (κ1) is 14.8. The largest absolute Gasteiger partial charge is 0.466 e. The fourth-order valence-electron chi connectivity index (χ4n) is 1.78. The minimum Gasteiger partial charge on any atom is -0.466 e. The molecular formula is C12H19NO4S. The summed E-state index contributed by atoms with van der Waals surface area (Å²) in [5.41, 5.74) is 0.482. The first-order valence-electron chi connectivity index (χ1n) is 5.63. The van der Waals surface area contributed by atoms with Gasteiger partial charge in [-0.25, -0.2) is 8.42 Å². The molecular weight excluding hydrogens is 254 g/mol. The van der Waals surface area contributed by atoms with Crippen molar-refractivity contribution in [3.05, 3.63) is 23.2 Å². The molecule has 0 fully saturated rings. The fraction of sp³-hybridized carbons (Fsp3) is 0.583. The summed E-state index contributed by atoms with van der Waals surface area (Å²) in [5.74, 6) is 0.946. The highest BCUT2D eigenvalue weighted by Crippen LogP contribution is 2.16. The summed E-state index contributed by atoms with van der Waals surface area (Å²) in [4.78, 5) is 13.6. The van der Waals surface area contributed by atoms with E-state index in [9.17, 15) is 13.2 Å². The van der Waals surface area contributed by atoms with Crippen LogP contribution in [0.2, 0.25) is 0 Å². The standard InChI is InChI=1S/C12H19NO4S/c1-8(7-18(5,15)16)13(4)12(14)11-6-9(2)17-10(11)3/h6,8H,7H2,1-5H3. The maximum atomic E-state index is 12.2. The molecule has 1 aromatic rings. The van der Waals surface area contributed by atoms with Crippen molar-refractivity contribution in [2.75, 3.05) is 19.1 Å². The predicted octanol–water partition coefficient (Wildman–Crippen LogP) is 1.40. The average molecular weight is 273 g/mol. The molecule has 1 amide bonds. The highest BCUT2D eigenvalue weighted by Gasteiger charge is 2.23. The van der Waals surface area contributed by atoms with Crippen LogP contribution in [0.3, 0.4) is 0 Å². The first-order valence-corrected chi connectivity index (χ1v) is 7.70. The lowest BCUT2D eigenvalue weighted by atomic mass is 10.2. The van der Waals surface area contributed by atoms with E-state index in [2.05, 4.69) is 0 Å². The average Bonchev–Trinajstić information content (AvgIpc) is 2.53. The second kappa shape index (κ2) is 5.14. The molecule has 0 saturated heterocycles. The Morgan fingerprint density at radius 1 is 1.44 bits per heavy atom. The Balaban J connectivity index is 2.87. The van der Waals surface area contributed by atoms with Crippen LogP contribution < -0.4 is 0 Å². The van der Waals surface area contributed by atoms with Crippen molar-refractivity contribution < 1.29 is 17.6 Å². The van der Waals surface area contributed by atoms with Crippen molar-refractivity contribution in [3.63, 3.8) is 0 Å². The van der Waals surface area contributed by atoms with Gasteiger partial charge in [0.15, 0.2) is 0 Å². The van der Waals surface area contributed by atoms with Gasteiger partial charge in [0.05, 0.1) is 11.3 Å². The molecule has 0 aliphatic heterocycles. The Morgan fingerprint density at radius 3 is 2.39 bits per heavy atom. The van der Waals surface area contributed by atoms with Crippen LogP contribution >= 0.6 is 0 Å². The predicted molar refractivity (Wildman–Crippen MR) is 69.4 cm³/mol. The number of nitrogens with zero attached hydrogens (tertiary/aromatic N) is 1. The molecule has 0 N–H and O–H groups in total. The van der Waals surface area contributed by atoms with Crippen LogP contribution in [0.1, 0.15) is 28.8 Å². The fourth-order valence-corrected chi connectivity index (χ4v) is 2.88. The van der Waals surface area contributed by atoms with Gasteiger partial charge in [0, 0.05) is 19.3 Å². The number of furan rings is 1. The summed E-state index contributed by atoms with van der Waals surface area (Å²) in [7, 11) is -1.51. The number of hydrogen-bond donors (Lipinski definition) is 0. The van der Waals surface area contributed by atoms with Crippen molar-refractivity contribution in [2.45, 2.75) is 26.8 Å². The number of aryl methyl sites for hydroxylation is 2. The van der Waals surface area contributed by atoms with Gasteiger partial charge in [-0.2, -0.15) is 0 Å². The van der Waals surface area contributed by atoms with Crippen molar-refractivity contribution in [3.8, 4) is 0 Å². The Kier molecular flexibility index (Phi) is 4.21. The molecule has 0 saturated carbocycles. The molecule has 1 unspecified atom stereocenters. The van der Waals surface area contributed by atoms with Crippen LogP contribution in [0.4, 0.5) is 0 Å². The van der Waals surface area contributed by atoms with Crippen LogP contribution in [0.15, 0.2) is 10.5 Å². The summed E-state index contributed by atoms with van der Waals surface area (Å²) in [6, 6.07) is 1.29. The summed E-state index contributed by atoms with van der Waals surface area (Å²) < 4.78 is 27.7. The van der Waals surface area contributed by atoms with Crippen molar-refractivity contribution in [1.29, 1.82) is 0 Å². The molecule has 5 nitrogen and oxygen atoms in total. The maximum absolute atomic E-state index is 12.2. The van der Waals surface area contributed by atoms with E-state index in [4.69, 9.17) is 4.42 Å². The minimum atomic E-state index is -3.11. The van der Waals surface area contributed by atoms with Gasteiger partial charge in [-0.15, -0.1) is 0 Å². The molecule has 0 bridgehead atoms. The van der Waals surface area contributed by atoms with E-state index in [0.29, 0.717) is 17.1 Å². The molecule has 1 rings (SSSR count). The van der Waals surface area contributed by atoms with Crippen LogP contribution in [0, 0.1) is 13.8 Å². The van der Waals surface area contributed by atoms with Crippen LogP contribution in [-0.2, 0) is 9.84 Å². The topological polar surface area (TPSA) is 67.6 Å². The van der Waals surface area contributed by atoms with Gasteiger partial charge in [0.2, 0.25) is 0 Å². The smallest absolute Gasteiger partial charge is 0.257 e. The SMILES string of the molecule is Cc1cc(C(=O)N(C)C(C)CS(C)(=O)=O)c(C)o1. The number of sulfone groups is 1. The van der Waals surface area contributed by atoms with Gasteiger partial charge in [-0.3, -0.25) is 4.79 Å². The van der Waals surface area contributed by atoms with Crippen molar-refractivity contribution >= 4 is 15.7 Å². The lowest BCUT2D eigenvalue weighted by Gasteiger charge is -2.24. The van der Waals surface area contributed by atoms with Crippen molar-refractivity contribution in [2.24, 2.45) is 0 Å². The molecule has 1 aromatic heterocycles. The van der Waals surface area contributed by atoms with Gasteiger partial charge in [0.25, 0.3) is 5.91 Å². The van der Waals surface area contributed by atoms with E-state index in [0.717, 1.165) is 6.26 Å². The molecule has 1 heterocycles. The molecule has 0 aromatic carbocycles. The molecule has 102 valence electrons. The third-order valence-electron chi connectivity index (χ3n) is 2.80. The lowest BCUT2D eigenvalue weighted by Crippen LogP contribution is -2.39. The zero-order valence-electron chi connectivity index (χ0n) is 11.4. The van der Waals surface area contributed by atoms with E-state index in [1.807, 2.05) is 0 Å². The maximum Gasteiger partial charge on any atom is 0.257 e. The van der Waals surface area contributed by atoms with Crippen molar-refractivity contribution in [1.82, 2.24) is 4.90 Å². The van der Waals surface area contributed by atoms with Gasteiger partial charge in [-0.1, -0.05) is 0 Å². The first-order chi connectivity index (χ1) is 8.11.